The predicted molar refractivity (Wildman–Crippen MR) is 83.3 cm³/mol. The smallest absolute Gasteiger partial charge is 0.0991 e. The van der Waals surface area contributed by atoms with Crippen molar-refractivity contribution < 1.29 is 0 Å². The highest BCUT2D eigenvalue weighted by Crippen LogP contribution is 2.26. The summed E-state index contributed by atoms with van der Waals surface area (Å²) in [5.41, 5.74) is 1.98. The van der Waals surface area contributed by atoms with Crippen LogP contribution in [0.2, 0.25) is 0 Å². The Labute approximate surface area is 123 Å². The molecule has 1 N–H and O–H groups in total. The topological polar surface area (TPSA) is 35.8 Å². The van der Waals surface area contributed by atoms with Crippen LogP contribution in [0.5, 0.6) is 0 Å². The van der Waals surface area contributed by atoms with Crippen molar-refractivity contribution in [1.82, 2.24) is 5.32 Å². The monoisotopic (exact) mass is 270 g/mol. The molecule has 2 heteroatoms. The molecule has 0 bridgehead atoms. The van der Waals surface area contributed by atoms with E-state index in [0.29, 0.717) is 6.04 Å². The van der Waals surface area contributed by atoms with E-state index >= 15 is 0 Å². The van der Waals surface area contributed by atoms with E-state index in [1.165, 1.54) is 50.5 Å². The summed E-state index contributed by atoms with van der Waals surface area (Å²) in [6.07, 6.45) is 9.49. The van der Waals surface area contributed by atoms with Gasteiger partial charge in [-0.2, -0.15) is 5.26 Å². The maximum absolute atomic E-state index is 8.93. The van der Waals surface area contributed by atoms with Gasteiger partial charge in [-0.05, 0) is 42.9 Å². The molecule has 108 valence electrons. The number of hydrogen-bond acceptors (Lipinski definition) is 2. The van der Waals surface area contributed by atoms with E-state index in [-0.39, 0.29) is 0 Å². The lowest BCUT2D eigenvalue weighted by Crippen LogP contribution is -2.28. The first-order valence-electron chi connectivity index (χ1n) is 8.04. The standard InChI is InChI=1S/C18H26N2/c1-2-5-15-6-4-9-18(11-10-15)20-14-17-8-3-7-16(12-17)13-19/h3,7-8,12,15,18,20H,2,4-6,9-11,14H2,1H3. The molecule has 0 amide bonds. The molecule has 0 radical (unpaired) electrons. The van der Waals surface area contributed by atoms with E-state index in [0.717, 1.165) is 18.0 Å². The molecule has 2 rings (SSSR count). The summed E-state index contributed by atoms with van der Waals surface area (Å²) in [5.74, 6) is 0.953. The summed E-state index contributed by atoms with van der Waals surface area (Å²) >= 11 is 0. The SMILES string of the molecule is CCCC1CCCC(NCc2cccc(C#N)c2)CC1. The van der Waals surface area contributed by atoms with Gasteiger partial charge in [0, 0.05) is 12.6 Å². The lowest BCUT2D eigenvalue weighted by atomic mass is 9.95. The second-order valence-electron chi connectivity index (χ2n) is 6.05. The van der Waals surface area contributed by atoms with E-state index in [1.54, 1.807) is 0 Å². The van der Waals surface area contributed by atoms with Gasteiger partial charge in [0.05, 0.1) is 11.6 Å². The lowest BCUT2D eigenvalue weighted by molar-refractivity contribution is 0.409. The van der Waals surface area contributed by atoms with E-state index in [1.807, 2.05) is 18.2 Å². The van der Waals surface area contributed by atoms with Gasteiger partial charge in [0.1, 0.15) is 0 Å². The Hall–Kier alpha value is -1.33. The van der Waals surface area contributed by atoms with Gasteiger partial charge in [-0.1, -0.05) is 44.7 Å². The first-order valence-corrected chi connectivity index (χ1v) is 8.04. The molecule has 0 spiro atoms. The molecule has 1 aromatic rings. The highest BCUT2D eigenvalue weighted by atomic mass is 14.9. The molecular formula is C18H26N2. The number of nitrogens with one attached hydrogen (secondary N) is 1. The Bertz CT molecular complexity index is 447. The van der Waals surface area contributed by atoms with E-state index < -0.39 is 0 Å². The summed E-state index contributed by atoms with van der Waals surface area (Å²) in [5, 5.41) is 12.6. The number of nitrogens with zero attached hydrogens (tertiary/aromatic N) is 1. The number of rotatable bonds is 5. The molecular weight excluding hydrogens is 244 g/mol. The Morgan fingerprint density at radius 3 is 2.95 bits per heavy atom. The van der Waals surface area contributed by atoms with Crippen LogP contribution < -0.4 is 5.32 Å². The predicted octanol–water partition coefficient (Wildman–Crippen LogP) is 4.40. The molecule has 0 aromatic heterocycles. The second kappa shape index (κ2) is 8.07. The van der Waals surface area contributed by atoms with Crippen molar-refractivity contribution in [2.45, 2.75) is 64.5 Å². The summed E-state index contributed by atoms with van der Waals surface area (Å²) in [4.78, 5) is 0. The minimum atomic E-state index is 0.655. The van der Waals surface area contributed by atoms with Crippen LogP contribution in [-0.2, 0) is 6.54 Å². The van der Waals surface area contributed by atoms with Gasteiger partial charge in [-0.3, -0.25) is 0 Å². The third-order valence-electron chi connectivity index (χ3n) is 4.44. The Morgan fingerprint density at radius 1 is 1.25 bits per heavy atom. The third kappa shape index (κ3) is 4.65. The lowest BCUT2D eigenvalue weighted by Gasteiger charge is -2.17. The van der Waals surface area contributed by atoms with Crippen LogP contribution in [0.1, 0.15) is 63.0 Å². The van der Waals surface area contributed by atoms with Crippen molar-refractivity contribution in [3.05, 3.63) is 35.4 Å². The molecule has 20 heavy (non-hydrogen) atoms. The molecule has 0 saturated heterocycles. The van der Waals surface area contributed by atoms with Gasteiger partial charge in [-0.15, -0.1) is 0 Å². The van der Waals surface area contributed by atoms with Gasteiger partial charge >= 0.3 is 0 Å². The highest BCUT2D eigenvalue weighted by molar-refractivity contribution is 5.32. The minimum Gasteiger partial charge on any atom is -0.310 e. The van der Waals surface area contributed by atoms with Gasteiger partial charge in [-0.25, -0.2) is 0 Å². The summed E-state index contributed by atoms with van der Waals surface area (Å²) in [6, 6.07) is 10.8. The van der Waals surface area contributed by atoms with Crippen molar-refractivity contribution in [3.63, 3.8) is 0 Å². The van der Waals surface area contributed by atoms with Crippen molar-refractivity contribution in [2.75, 3.05) is 0 Å². The molecule has 0 aliphatic heterocycles. The second-order valence-corrected chi connectivity index (χ2v) is 6.05. The minimum absolute atomic E-state index is 0.655. The summed E-state index contributed by atoms with van der Waals surface area (Å²) < 4.78 is 0. The van der Waals surface area contributed by atoms with E-state index in [2.05, 4.69) is 24.4 Å². The molecule has 1 saturated carbocycles. The highest BCUT2D eigenvalue weighted by Gasteiger charge is 2.17. The normalized spacial score (nSPS) is 23.0. The molecule has 2 unspecified atom stereocenters. The molecule has 1 aromatic carbocycles. The first-order chi connectivity index (χ1) is 9.81. The number of hydrogen-bond donors (Lipinski definition) is 1. The fraction of sp³-hybridized carbons (Fsp3) is 0.611. The van der Waals surface area contributed by atoms with Crippen LogP contribution in [0.15, 0.2) is 24.3 Å². The number of benzene rings is 1. The molecule has 1 aliphatic rings. The van der Waals surface area contributed by atoms with Crippen molar-refractivity contribution in [1.29, 1.82) is 5.26 Å². The fourth-order valence-corrected chi connectivity index (χ4v) is 3.29. The van der Waals surface area contributed by atoms with Gasteiger partial charge < -0.3 is 5.32 Å². The average molecular weight is 270 g/mol. The van der Waals surface area contributed by atoms with Crippen molar-refractivity contribution in [2.24, 2.45) is 5.92 Å². The van der Waals surface area contributed by atoms with E-state index in [4.69, 9.17) is 5.26 Å². The maximum atomic E-state index is 8.93. The zero-order valence-electron chi connectivity index (χ0n) is 12.6. The summed E-state index contributed by atoms with van der Waals surface area (Å²) in [7, 11) is 0. The fourth-order valence-electron chi connectivity index (χ4n) is 3.29. The van der Waals surface area contributed by atoms with Gasteiger partial charge in [0.25, 0.3) is 0 Å². The van der Waals surface area contributed by atoms with Crippen LogP contribution in [0.3, 0.4) is 0 Å². The molecule has 0 heterocycles. The van der Waals surface area contributed by atoms with Gasteiger partial charge in [0.2, 0.25) is 0 Å². The maximum Gasteiger partial charge on any atom is 0.0991 e. The Kier molecular flexibility index (Phi) is 6.08. The van der Waals surface area contributed by atoms with Crippen LogP contribution >= 0.6 is 0 Å². The molecule has 2 atom stereocenters. The molecule has 1 aliphatic carbocycles. The van der Waals surface area contributed by atoms with E-state index in [9.17, 15) is 0 Å². The van der Waals surface area contributed by atoms with Gasteiger partial charge in [0.15, 0.2) is 0 Å². The van der Waals surface area contributed by atoms with Crippen molar-refractivity contribution in [3.8, 4) is 6.07 Å². The van der Waals surface area contributed by atoms with Crippen LogP contribution in [0, 0.1) is 17.2 Å². The Balaban J connectivity index is 1.80. The van der Waals surface area contributed by atoms with Crippen LogP contribution in [0.4, 0.5) is 0 Å². The molecule has 1 fully saturated rings. The largest absolute Gasteiger partial charge is 0.310 e. The zero-order valence-corrected chi connectivity index (χ0v) is 12.6. The average Bonchev–Trinajstić information content (AvgIpc) is 2.71. The Morgan fingerprint density at radius 2 is 2.15 bits per heavy atom. The number of nitriles is 1. The van der Waals surface area contributed by atoms with Crippen LogP contribution in [0.25, 0.3) is 0 Å². The van der Waals surface area contributed by atoms with Crippen LogP contribution in [-0.4, -0.2) is 6.04 Å². The zero-order chi connectivity index (χ0) is 14.2. The summed E-state index contributed by atoms with van der Waals surface area (Å²) in [6.45, 7) is 3.18. The molecule has 2 nitrogen and oxygen atoms in total. The third-order valence-corrected chi connectivity index (χ3v) is 4.44. The quantitative estimate of drug-likeness (QED) is 0.805. The van der Waals surface area contributed by atoms with Crippen molar-refractivity contribution >= 4 is 0 Å². The first kappa shape index (κ1) is 15.1.